The van der Waals surface area contributed by atoms with Crippen molar-refractivity contribution in [3.63, 3.8) is 0 Å². The van der Waals surface area contributed by atoms with Gasteiger partial charge in [0.1, 0.15) is 5.82 Å². The van der Waals surface area contributed by atoms with E-state index in [1.54, 1.807) is 0 Å². The van der Waals surface area contributed by atoms with E-state index >= 15 is 0 Å². The van der Waals surface area contributed by atoms with Gasteiger partial charge in [-0.25, -0.2) is 4.98 Å². The minimum atomic E-state index is 0.0936. The summed E-state index contributed by atoms with van der Waals surface area (Å²) in [5, 5.41) is 0.700. The van der Waals surface area contributed by atoms with Gasteiger partial charge in [-0.2, -0.15) is 0 Å². The van der Waals surface area contributed by atoms with Crippen molar-refractivity contribution in [1.82, 2.24) is 14.5 Å². The van der Waals surface area contributed by atoms with Crippen LogP contribution in [0, 0.1) is 6.92 Å². The van der Waals surface area contributed by atoms with Crippen molar-refractivity contribution in [1.29, 1.82) is 0 Å². The molecule has 1 amide bonds. The number of halogens is 1. The largest absolute Gasteiger partial charge is 0.338 e. The molecule has 0 saturated carbocycles. The number of nitrogens with zero attached hydrogens (tertiary/aromatic N) is 3. The summed E-state index contributed by atoms with van der Waals surface area (Å²) in [4.78, 5) is 19.5. The molecular formula is C20H26ClN3O. The van der Waals surface area contributed by atoms with Crippen LogP contribution < -0.4 is 0 Å². The molecule has 25 heavy (non-hydrogen) atoms. The van der Waals surface area contributed by atoms with Gasteiger partial charge in [-0.05, 0) is 49.9 Å². The third kappa shape index (κ3) is 4.06. The standard InChI is InChI=1S/C20H26ClN3O/c1-3-4-10-23-12-9-22-19(23)17-6-5-11-24(14-17)20(25)16-7-8-18(21)15(2)13-16/h7-9,12-13,17H,3-6,10-11,14H2,1-2H3. The van der Waals surface area contributed by atoms with E-state index in [1.807, 2.05) is 36.2 Å². The van der Waals surface area contributed by atoms with Crippen LogP contribution in [-0.4, -0.2) is 33.4 Å². The van der Waals surface area contributed by atoms with E-state index in [0.717, 1.165) is 55.8 Å². The molecule has 0 bridgehead atoms. The van der Waals surface area contributed by atoms with Crippen molar-refractivity contribution in [2.75, 3.05) is 13.1 Å². The van der Waals surface area contributed by atoms with Gasteiger partial charge in [0, 0.05) is 48.5 Å². The Bertz CT molecular complexity index is 740. The summed E-state index contributed by atoms with van der Waals surface area (Å²) >= 11 is 6.08. The second-order valence-corrected chi connectivity index (χ2v) is 7.29. The quantitative estimate of drug-likeness (QED) is 0.778. The number of aromatic nitrogens is 2. The van der Waals surface area contributed by atoms with Gasteiger partial charge in [0.25, 0.3) is 5.91 Å². The first-order valence-electron chi connectivity index (χ1n) is 9.16. The molecule has 1 aliphatic heterocycles. The first-order chi connectivity index (χ1) is 12.1. The number of rotatable bonds is 5. The number of carbonyl (C=O) groups excluding carboxylic acids is 1. The van der Waals surface area contributed by atoms with Crippen molar-refractivity contribution in [2.24, 2.45) is 0 Å². The number of piperidine rings is 1. The molecule has 1 saturated heterocycles. The van der Waals surface area contributed by atoms with Crippen molar-refractivity contribution >= 4 is 17.5 Å². The van der Waals surface area contributed by atoms with E-state index in [-0.39, 0.29) is 5.91 Å². The van der Waals surface area contributed by atoms with Gasteiger partial charge in [-0.15, -0.1) is 0 Å². The van der Waals surface area contributed by atoms with E-state index in [9.17, 15) is 4.79 Å². The molecule has 1 aliphatic rings. The third-order valence-electron chi connectivity index (χ3n) is 4.98. The van der Waals surface area contributed by atoms with Crippen LogP contribution in [0.4, 0.5) is 0 Å². The Kier molecular flexibility index (Phi) is 5.79. The second-order valence-electron chi connectivity index (χ2n) is 6.89. The highest BCUT2D eigenvalue weighted by Crippen LogP contribution is 2.27. The molecule has 0 N–H and O–H groups in total. The van der Waals surface area contributed by atoms with Crippen LogP contribution in [0.5, 0.6) is 0 Å². The first kappa shape index (κ1) is 18.0. The lowest BCUT2D eigenvalue weighted by Gasteiger charge is -2.33. The SMILES string of the molecule is CCCCn1ccnc1C1CCCN(C(=O)c2ccc(Cl)c(C)c2)C1. The summed E-state index contributed by atoms with van der Waals surface area (Å²) in [6, 6.07) is 5.52. The van der Waals surface area contributed by atoms with E-state index in [4.69, 9.17) is 11.6 Å². The zero-order valence-electron chi connectivity index (χ0n) is 15.0. The number of carbonyl (C=O) groups is 1. The fourth-order valence-corrected chi connectivity index (χ4v) is 3.65. The Morgan fingerprint density at radius 3 is 3.00 bits per heavy atom. The minimum absolute atomic E-state index is 0.0936. The number of likely N-dealkylation sites (tertiary alicyclic amines) is 1. The second kappa shape index (κ2) is 8.05. The van der Waals surface area contributed by atoms with Crippen LogP contribution in [0.15, 0.2) is 30.6 Å². The molecule has 0 spiro atoms. The molecular weight excluding hydrogens is 334 g/mol. The molecule has 2 aromatic rings. The normalized spacial score (nSPS) is 17.7. The van der Waals surface area contributed by atoms with Gasteiger partial charge in [0.2, 0.25) is 0 Å². The number of imidazole rings is 1. The van der Waals surface area contributed by atoms with Gasteiger partial charge in [0.05, 0.1) is 0 Å². The highest BCUT2D eigenvalue weighted by molar-refractivity contribution is 6.31. The van der Waals surface area contributed by atoms with Crippen molar-refractivity contribution in [2.45, 2.75) is 52.0 Å². The van der Waals surface area contributed by atoms with Crippen molar-refractivity contribution < 1.29 is 4.79 Å². The Morgan fingerprint density at radius 2 is 2.24 bits per heavy atom. The number of hydrogen-bond acceptors (Lipinski definition) is 2. The predicted octanol–water partition coefficient (Wildman–Crippen LogP) is 4.66. The first-order valence-corrected chi connectivity index (χ1v) is 9.54. The van der Waals surface area contributed by atoms with E-state index < -0.39 is 0 Å². The summed E-state index contributed by atoms with van der Waals surface area (Å²) in [6.07, 6.45) is 8.38. The zero-order valence-corrected chi connectivity index (χ0v) is 15.8. The summed E-state index contributed by atoms with van der Waals surface area (Å²) in [5.41, 5.74) is 1.66. The van der Waals surface area contributed by atoms with Crippen LogP contribution in [0.3, 0.4) is 0 Å². The van der Waals surface area contributed by atoms with Crippen molar-refractivity contribution in [3.05, 3.63) is 52.6 Å². The average Bonchev–Trinajstić information content (AvgIpc) is 3.10. The number of unbranched alkanes of at least 4 members (excludes halogenated alkanes) is 1. The molecule has 2 heterocycles. The lowest BCUT2D eigenvalue weighted by molar-refractivity contribution is 0.0703. The summed E-state index contributed by atoms with van der Waals surface area (Å²) in [5.74, 6) is 1.53. The summed E-state index contributed by atoms with van der Waals surface area (Å²) < 4.78 is 2.26. The van der Waals surface area contributed by atoms with Crippen LogP contribution in [-0.2, 0) is 6.54 Å². The molecule has 1 fully saturated rings. The fourth-order valence-electron chi connectivity index (χ4n) is 3.53. The van der Waals surface area contributed by atoms with Crippen LogP contribution in [0.2, 0.25) is 5.02 Å². The van der Waals surface area contributed by atoms with Gasteiger partial charge < -0.3 is 9.47 Å². The van der Waals surface area contributed by atoms with E-state index in [1.165, 1.54) is 6.42 Å². The molecule has 1 aromatic heterocycles. The molecule has 3 rings (SSSR count). The van der Waals surface area contributed by atoms with E-state index in [2.05, 4.69) is 22.7 Å². The molecule has 4 nitrogen and oxygen atoms in total. The minimum Gasteiger partial charge on any atom is -0.338 e. The monoisotopic (exact) mass is 359 g/mol. The topological polar surface area (TPSA) is 38.1 Å². The van der Waals surface area contributed by atoms with Crippen molar-refractivity contribution in [3.8, 4) is 0 Å². The molecule has 5 heteroatoms. The van der Waals surface area contributed by atoms with Crippen LogP contribution in [0.1, 0.15) is 60.3 Å². The number of hydrogen-bond donors (Lipinski definition) is 0. The number of amides is 1. The summed E-state index contributed by atoms with van der Waals surface area (Å²) in [6.45, 7) is 6.69. The Labute approximate surface area is 154 Å². The Hall–Kier alpha value is -1.81. The van der Waals surface area contributed by atoms with Gasteiger partial charge >= 0.3 is 0 Å². The van der Waals surface area contributed by atoms with Crippen LogP contribution >= 0.6 is 11.6 Å². The maximum Gasteiger partial charge on any atom is 0.253 e. The van der Waals surface area contributed by atoms with Crippen LogP contribution in [0.25, 0.3) is 0 Å². The maximum absolute atomic E-state index is 12.9. The highest BCUT2D eigenvalue weighted by Gasteiger charge is 2.28. The summed E-state index contributed by atoms with van der Waals surface area (Å²) in [7, 11) is 0. The Balaban J connectivity index is 1.73. The maximum atomic E-state index is 12.9. The Morgan fingerprint density at radius 1 is 1.40 bits per heavy atom. The lowest BCUT2D eigenvalue weighted by Crippen LogP contribution is -2.39. The molecule has 1 aromatic carbocycles. The number of benzene rings is 1. The molecule has 1 unspecified atom stereocenters. The average molecular weight is 360 g/mol. The molecule has 134 valence electrons. The van der Waals surface area contributed by atoms with Gasteiger partial charge in [0.15, 0.2) is 0 Å². The molecule has 1 atom stereocenters. The number of aryl methyl sites for hydroxylation is 2. The highest BCUT2D eigenvalue weighted by atomic mass is 35.5. The third-order valence-corrected chi connectivity index (χ3v) is 5.40. The smallest absolute Gasteiger partial charge is 0.253 e. The van der Waals surface area contributed by atoms with E-state index in [0.29, 0.717) is 10.9 Å². The van der Waals surface area contributed by atoms with Gasteiger partial charge in [-0.3, -0.25) is 4.79 Å². The lowest BCUT2D eigenvalue weighted by atomic mass is 9.96. The molecule has 0 aliphatic carbocycles. The zero-order chi connectivity index (χ0) is 17.8. The fraction of sp³-hybridized carbons (Fsp3) is 0.500. The molecule has 0 radical (unpaired) electrons. The van der Waals surface area contributed by atoms with Gasteiger partial charge in [-0.1, -0.05) is 24.9 Å². The predicted molar refractivity (Wildman–Crippen MR) is 101 cm³/mol.